The van der Waals surface area contributed by atoms with Crippen LogP contribution in [0.4, 0.5) is 0 Å². The number of aromatic carboxylic acids is 1. The number of hydrogen-bond donors (Lipinski definition) is 1. The molecule has 2 aromatic rings. The second-order valence-corrected chi connectivity index (χ2v) is 5.60. The number of carboxylic acids is 1. The molecule has 110 valence electrons. The maximum Gasteiger partial charge on any atom is 0.337 e. The first-order chi connectivity index (χ1) is 10.1. The molecule has 3 rings (SSSR count). The molecule has 0 aliphatic carbocycles. The lowest BCUT2D eigenvalue weighted by Crippen LogP contribution is -2.30. The first kappa shape index (κ1) is 13.9. The predicted octanol–water partition coefficient (Wildman–Crippen LogP) is 2.62. The lowest BCUT2D eigenvalue weighted by Gasteiger charge is -2.16. The summed E-state index contributed by atoms with van der Waals surface area (Å²) in [6, 6.07) is 5.20. The summed E-state index contributed by atoms with van der Waals surface area (Å²) < 4.78 is 1.67. The number of benzene rings is 1. The van der Waals surface area contributed by atoms with Gasteiger partial charge in [0.25, 0.3) is 0 Å². The van der Waals surface area contributed by atoms with E-state index in [0.29, 0.717) is 15.9 Å². The van der Waals surface area contributed by atoms with E-state index < -0.39 is 5.97 Å². The molecule has 1 aromatic carbocycles. The van der Waals surface area contributed by atoms with Crippen LogP contribution < -0.4 is 0 Å². The third-order valence-electron chi connectivity index (χ3n) is 3.85. The molecule has 5 nitrogen and oxygen atoms in total. The van der Waals surface area contributed by atoms with Gasteiger partial charge in [0.05, 0.1) is 16.1 Å². The number of fused-ring (bicyclic) bond motifs is 1. The summed E-state index contributed by atoms with van der Waals surface area (Å²) in [5, 5.41) is 10.2. The second kappa shape index (κ2) is 5.41. The molecule has 0 saturated carbocycles. The Bertz CT molecular complexity index is 717. The van der Waals surface area contributed by atoms with Crippen LogP contribution in [-0.4, -0.2) is 39.5 Å². The summed E-state index contributed by atoms with van der Waals surface area (Å²) in [5.74, 6) is -1.03. The van der Waals surface area contributed by atoms with Crippen molar-refractivity contribution >= 4 is 34.4 Å². The van der Waals surface area contributed by atoms with E-state index in [4.69, 9.17) is 11.6 Å². The molecule has 1 saturated heterocycles. The summed E-state index contributed by atoms with van der Waals surface area (Å²) >= 11 is 6.11. The Labute approximate surface area is 126 Å². The van der Waals surface area contributed by atoms with Gasteiger partial charge in [0.1, 0.15) is 6.54 Å². The zero-order valence-electron chi connectivity index (χ0n) is 11.4. The third kappa shape index (κ3) is 2.49. The summed E-state index contributed by atoms with van der Waals surface area (Å²) in [7, 11) is 0. The van der Waals surface area contributed by atoms with E-state index >= 15 is 0 Å². The van der Waals surface area contributed by atoms with E-state index in [0.717, 1.165) is 25.9 Å². The summed E-state index contributed by atoms with van der Waals surface area (Å²) in [6.45, 7) is 1.71. The number of amides is 1. The Morgan fingerprint density at radius 1 is 1.24 bits per heavy atom. The van der Waals surface area contributed by atoms with Gasteiger partial charge in [-0.3, -0.25) is 4.79 Å². The summed E-state index contributed by atoms with van der Waals surface area (Å²) in [4.78, 5) is 25.4. The van der Waals surface area contributed by atoms with E-state index in [1.54, 1.807) is 22.8 Å². The number of carbonyl (C=O) groups is 2. The van der Waals surface area contributed by atoms with Crippen LogP contribution in [0.2, 0.25) is 5.02 Å². The fraction of sp³-hybridized carbons (Fsp3) is 0.333. The van der Waals surface area contributed by atoms with Crippen molar-refractivity contribution in [2.45, 2.75) is 19.4 Å². The molecule has 1 aliphatic heterocycles. The molecule has 1 aliphatic rings. The van der Waals surface area contributed by atoms with Crippen molar-refractivity contribution in [3.63, 3.8) is 0 Å². The minimum Gasteiger partial charge on any atom is -0.478 e. The topological polar surface area (TPSA) is 62.5 Å². The Morgan fingerprint density at radius 3 is 2.62 bits per heavy atom. The zero-order chi connectivity index (χ0) is 15.0. The van der Waals surface area contributed by atoms with Crippen molar-refractivity contribution in [1.29, 1.82) is 0 Å². The number of carboxylic acid groups (broad SMARTS) is 1. The minimum atomic E-state index is -1.04. The standard InChI is InChI=1S/C15H15ClN2O3/c16-11-4-3-5-12-14(11)10(15(20)21)8-18(12)9-13(19)17-6-1-2-7-17/h3-5,8H,1-2,6-7,9H2,(H,20,21). The average Bonchev–Trinajstić information content (AvgIpc) is 3.07. The van der Waals surface area contributed by atoms with Gasteiger partial charge in [-0.15, -0.1) is 0 Å². The van der Waals surface area contributed by atoms with E-state index in [1.807, 2.05) is 4.90 Å². The van der Waals surface area contributed by atoms with Crippen LogP contribution in [0.25, 0.3) is 10.9 Å². The average molecular weight is 307 g/mol. The van der Waals surface area contributed by atoms with Gasteiger partial charge in [0.2, 0.25) is 5.91 Å². The molecule has 2 heterocycles. The Balaban J connectivity index is 2.00. The molecule has 1 aromatic heterocycles. The molecule has 6 heteroatoms. The van der Waals surface area contributed by atoms with Crippen LogP contribution in [0.1, 0.15) is 23.2 Å². The highest BCUT2D eigenvalue weighted by Gasteiger charge is 2.21. The largest absolute Gasteiger partial charge is 0.478 e. The van der Waals surface area contributed by atoms with Crippen LogP contribution in [0.15, 0.2) is 24.4 Å². The van der Waals surface area contributed by atoms with Crippen molar-refractivity contribution in [1.82, 2.24) is 9.47 Å². The quantitative estimate of drug-likeness (QED) is 0.948. The Morgan fingerprint density at radius 2 is 1.95 bits per heavy atom. The lowest BCUT2D eigenvalue weighted by atomic mass is 10.2. The monoisotopic (exact) mass is 306 g/mol. The molecule has 1 amide bonds. The number of nitrogens with zero attached hydrogens (tertiary/aromatic N) is 2. The maximum absolute atomic E-state index is 12.2. The van der Waals surface area contributed by atoms with Gasteiger partial charge in [-0.05, 0) is 25.0 Å². The molecular weight excluding hydrogens is 292 g/mol. The van der Waals surface area contributed by atoms with Crippen molar-refractivity contribution in [3.05, 3.63) is 35.0 Å². The van der Waals surface area contributed by atoms with Crippen LogP contribution in [0, 0.1) is 0 Å². The van der Waals surface area contributed by atoms with Gasteiger partial charge in [-0.25, -0.2) is 4.79 Å². The van der Waals surface area contributed by atoms with Gasteiger partial charge in [0, 0.05) is 24.7 Å². The van der Waals surface area contributed by atoms with Crippen molar-refractivity contribution in [2.75, 3.05) is 13.1 Å². The number of carbonyl (C=O) groups excluding carboxylic acids is 1. The number of rotatable bonds is 3. The molecule has 0 spiro atoms. The van der Waals surface area contributed by atoms with Crippen LogP contribution in [0.3, 0.4) is 0 Å². The van der Waals surface area contributed by atoms with Crippen molar-refractivity contribution in [3.8, 4) is 0 Å². The lowest BCUT2D eigenvalue weighted by molar-refractivity contribution is -0.130. The number of likely N-dealkylation sites (tertiary alicyclic amines) is 1. The van der Waals surface area contributed by atoms with Gasteiger partial charge in [-0.2, -0.15) is 0 Å². The first-order valence-corrected chi connectivity index (χ1v) is 7.24. The number of halogens is 1. The van der Waals surface area contributed by atoms with Crippen LogP contribution in [0.5, 0.6) is 0 Å². The molecule has 1 fully saturated rings. The van der Waals surface area contributed by atoms with Crippen LogP contribution in [-0.2, 0) is 11.3 Å². The first-order valence-electron chi connectivity index (χ1n) is 6.86. The highest BCUT2D eigenvalue weighted by Crippen LogP contribution is 2.29. The zero-order valence-corrected chi connectivity index (χ0v) is 12.1. The maximum atomic E-state index is 12.2. The predicted molar refractivity (Wildman–Crippen MR) is 79.7 cm³/mol. The SMILES string of the molecule is O=C(O)c1cn(CC(=O)N2CCCC2)c2cccc(Cl)c12. The van der Waals surface area contributed by atoms with Crippen molar-refractivity contribution < 1.29 is 14.7 Å². The van der Waals surface area contributed by atoms with Crippen LogP contribution >= 0.6 is 11.6 Å². The molecule has 0 atom stereocenters. The van der Waals surface area contributed by atoms with Crippen molar-refractivity contribution in [2.24, 2.45) is 0 Å². The highest BCUT2D eigenvalue weighted by molar-refractivity contribution is 6.36. The fourth-order valence-corrected chi connectivity index (χ4v) is 3.09. The third-order valence-corrected chi connectivity index (χ3v) is 4.17. The van der Waals surface area contributed by atoms with Gasteiger partial charge >= 0.3 is 5.97 Å². The van der Waals surface area contributed by atoms with E-state index in [1.165, 1.54) is 6.20 Å². The number of hydrogen-bond acceptors (Lipinski definition) is 2. The summed E-state index contributed by atoms with van der Waals surface area (Å²) in [5.41, 5.74) is 0.803. The smallest absolute Gasteiger partial charge is 0.337 e. The van der Waals surface area contributed by atoms with Gasteiger partial charge < -0.3 is 14.6 Å². The minimum absolute atomic E-state index is 0.0151. The molecule has 0 bridgehead atoms. The van der Waals surface area contributed by atoms with E-state index in [9.17, 15) is 14.7 Å². The second-order valence-electron chi connectivity index (χ2n) is 5.20. The molecule has 0 radical (unpaired) electrons. The normalized spacial score (nSPS) is 14.8. The van der Waals surface area contributed by atoms with E-state index in [2.05, 4.69) is 0 Å². The number of aromatic nitrogens is 1. The van der Waals surface area contributed by atoms with Gasteiger partial charge in [-0.1, -0.05) is 17.7 Å². The fourth-order valence-electron chi connectivity index (χ4n) is 2.81. The van der Waals surface area contributed by atoms with E-state index in [-0.39, 0.29) is 18.0 Å². The molecular formula is C15H15ClN2O3. The Kier molecular flexibility index (Phi) is 3.59. The van der Waals surface area contributed by atoms with Gasteiger partial charge in [0.15, 0.2) is 0 Å². The summed E-state index contributed by atoms with van der Waals surface area (Å²) in [6.07, 6.45) is 3.56. The molecule has 21 heavy (non-hydrogen) atoms. The molecule has 0 unspecified atom stereocenters. The Hall–Kier alpha value is -2.01. The molecule has 1 N–H and O–H groups in total. The highest BCUT2D eigenvalue weighted by atomic mass is 35.5.